The van der Waals surface area contributed by atoms with Gasteiger partial charge in [0.05, 0.1) is 11.4 Å². The van der Waals surface area contributed by atoms with Crippen LogP contribution in [0.25, 0.3) is 0 Å². The van der Waals surface area contributed by atoms with Gasteiger partial charge in [-0.2, -0.15) is 34.4 Å². The van der Waals surface area contributed by atoms with Crippen molar-refractivity contribution in [3.8, 4) is 0 Å². The van der Waals surface area contributed by atoms with E-state index in [1.54, 1.807) is 54.6 Å². The zero-order valence-electron chi connectivity index (χ0n) is 23.4. The molecular formula is C30H32F4O6S3. The molecule has 2 bridgehead atoms. The number of alkyl halides is 4. The minimum atomic E-state index is -6.30. The Kier molecular flexibility index (Phi) is 8.53. The van der Waals surface area contributed by atoms with Crippen LogP contribution in [-0.4, -0.2) is 39.4 Å². The summed E-state index contributed by atoms with van der Waals surface area (Å²) in [5, 5.41) is -6.47. The van der Waals surface area contributed by atoms with Gasteiger partial charge < -0.3 is 0 Å². The number of fused-ring (bicyclic) bond motifs is 2. The van der Waals surface area contributed by atoms with E-state index in [0.29, 0.717) is 0 Å². The third kappa shape index (κ3) is 5.52. The minimum absolute atomic E-state index is 0.0305. The van der Waals surface area contributed by atoms with Gasteiger partial charge in [-0.3, -0.25) is 4.18 Å². The average Bonchev–Trinajstić information content (AvgIpc) is 3.58. The zero-order chi connectivity index (χ0) is 31.3. The Morgan fingerprint density at radius 2 is 1.12 bits per heavy atom. The highest BCUT2D eigenvalue weighted by atomic mass is 32.3. The molecule has 6 nitrogen and oxygen atoms in total. The second kappa shape index (κ2) is 11.5. The lowest BCUT2D eigenvalue weighted by Crippen LogP contribution is -2.54. The lowest BCUT2D eigenvalue weighted by atomic mass is 9.83. The normalized spacial score (nSPS) is 23.5. The Bertz CT molecular complexity index is 1540. The maximum atomic E-state index is 15.9. The maximum Gasteiger partial charge on any atom is 0.432 e. The topological polar surface area (TPSA) is 86.7 Å². The Labute approximate surface area is 251 Å². The first-order valence-corrected chi connectivity index (χ1v) is 18.2. The van der Waals surface area contributed by atoms with E-state index in [1.165, 1.54) is 50.2 Å². The van der Waals surface area contributed by atoms with Gasteiger partial charge in [0.25, 0.3) is 10.1 Å². The largest absolute Gasteiger partial charge is 0.432 e. The summed E-state index contributed by atoms with van der Waals surface area (Å²) in [4.78, 5) is 0.670. The van der Waals surface area contributed by atoms with Gasteiger partial charge in [-0.25, -0.2) is 3.63 Å². The monoisotopic (exact) mass is 660 g/mol. The molecule has 0 saturated heterocycles. The van der Waals surface area contributed by atoms with Crippen LogP contribution in [-0.2, 0) is 28.0 Å². The predicted octanol–water partition coefficient (Wildman–Crippen LogP) is 7.63. The first-order valence-electron chi connectivity index (χ1n) is 13.8. The van der Waals surface area contributed by atoms with Crippen molar-refractivity contribution in [3.63, 3.8) is 0 Å². The van der Waals surface area contributed by atoms with Crippen molar-refractivity contribution in [2.45, 2.75) is 70.3 Å². The van der Waals surface area contributed by atoms with Gasteiger partial charge in [0.2, 0.25) is 0 Å². The van der Waals surface area contributed by atoms with Gasteiger partial charge in [-0.05, 0) is 91.7 Å². The van der Waals surface area contributed by atoms with Crippen LogP contribution in [0.1, 0.15) is 33.1 Å². The molecule has 2 aliphatic carbocycles. The predicted molar refractivity (Wildman–Crippen MR) is 155 cm³/mol. The van der Waals surface area contributed by atoms with Crippen LogP contribution in [0.2, 0.25) is 0 Å². The van der Waals surface area contributed by atoms with Crippen LogP contribution >= 0.6 is 10.3 Å². The van der Waals surface area contributed by atoms with E-state index >= 15 is 17.6 Å². The molecule has 0 radical (unpaired) electrons. The molecule has 4 atom stereocenters. The van der Waals surface area contributed by atoms with Crippen molar-refractivity contribution in [1.82, 2.24) is 0 Å². The second-order valence-electron chi connectivity index (χ2n) is 11.2. The number of hydrogen-bond acceptors (Lipinski definition) is 6. The van der Waals surface area contributed by atoms with Crippen LogP contribution < -0.4 is 0 Å². The van der Waals surface area contributed by atoms with Gasteiger partial charge in [-0.15, -0.1) is 0 Å². The quantitative estimate of drug-likeness (QED) is 0.155. The fourth-order valence-electron chi connectivity index (χ4n) is 5.99. The van der Waals surface area contributed by atoms with Gasteiger partial charge in [0, 0.05) is 20.6 Å². The van der Waals surface area contributed by atoms with Crippen molar-refractivity contribution in [3.05, 3.63) is 91.0 Å². The number of hydrogen-bond donors (Lipinski definition) is 0. The van der Waals surface area contributed by atoms with E-state index in [0.717, 1.165) is 0 Å². The highest BCUT2D eigenvalue weighted by molar-refractivity contribution is 8.33. The molecule has 0 heterocycles. The van der Waals surface area contributed by atoms with Gasteiger partial charge in [-0.1, -0.05) is 54.6 Å². The fraction of sp³-hybridized carbons (Fsp3) is 0.400. The maximum absolute atomic E-state index is 15.9. The molecule has 0 aliphatic heterocycles. The molecule has 234 valence electrons. The SMILES string of the molecule is CC(C)S(=O)(=O)OC1CC2CC1CC2C(F)(F)C(F)(F)S(=O)(=O)OS(c1ccccc1)(c1ccccc1)c1ccccc1. The van der Waals surface area contributed by atoms with Crippen molar-refractivity contribution < 1.29 is 42.2 Å². The Hall–Kier alpha value is -2.45. The number of rotatable bonds is 11. The molecule has 0 N–H and O–H groups in total. The Morgan fingerprint density at radius 1 is 0.674 bits per heavy atom. The van der Waals surface area contributed by atoms with E-state index in [1.807, 2.05) is 0 Å². The lowest BCUT2D eigenvalue weighted by molar-refractivity contribution is -0.204. The third-order valence-electron chi connectivity index (χ3n) is 8.21. The molecule has 0 aromatic heterocycles. The molecule has 13 heteroatoms. The van der Waals surface area contributed by atoms with Crippen molar-refractivity contribution in [1.29, 1.82) is 0 Å². The smallest absolute Gasteiger partial charge is 0.266 e. The molecule has 2 fully saturated rings. The van der Waals surface area contributed by atoms with E-state index in [9.17, 15) is 16.8 Å². The highest BCUT2D eigenvalue weighted by Crippen LogP contribution is 2.71. The molecule has 0 amide bonds. The van der Waals surface area contributed by atoms with Crippen LogP contribution in [0.3, 0.4) is 0 Å². The number of benzene rings is 3. The van der Waals surface area contributed by atoms with E-state index in [-0.39, 0.29) is 27.5 Å². The lowest BCUT2D eigenvalue weighted by Gasteiger charge is -2.42. The van der Waals surface area contributed by atoms with Crippen LogP contribution in [0, 0.1) is 17.8 Å². The summed E-state index contributed by atoms with van der Waals surface area (Å²) >= 11 is 0. The van der Waals surface area contributed by atoms with Gasteiger partial charge in [0.15, 0.2) is 0 Å². The summed E-state index contributed by atoms with van der Waals surface area (Å²) in [6, 6.07) is 23.5. The van der Waals surface area contributed by atoms with Crippen molar-refractivity contribution >= 4 is 30.5 Å². The summed E-state index contributed by atoms with van der Waals surface area (Å²) in [6.07, 6.45) is -1.59. The second-order valence-corrected chi connectivity index (χ2v) is 17.8. The summed E-state index contributed by atoms with van der Waals surface area (Å²) in [6.45, 7) is 2.82. The molecule has 0 spiro atoms. The molecule has 5 rings (SSSR count). The Balaban J connectivity index is 1.52. The van der Waals surface area contributed by atoms with Crippen LogP contribution in [0.4, 0.5) is 17.6 Å². The summed E-state index contributed by atoms with van der Waals surface area (Å²) < 4.78 is 126. The van der Waals surface area contributed by atoms with Gasteiger partial charge >= 0.3 is 21.3 Å². The first kappa shape index (κ1) is 32.0. The molecule has 3 aromatic carbocycles. The molecule has 43 heavy (non-hydrogen) atoms. The summed E-state index contributed by atoms with van der Waals surface area (Å²) in [7, 11) is -13.8. The molecule has 2 saturated carbocycles. The highest BCUT2D eigenvalue weighted by Gasteiger charge is 2.74. The van der Waals surface area contributed by atoms with Crippen molar-refractivity contribution in [2.75, 3.05) is 0 Å². The Morgan fingerprint density at radius 3 is 1.49 bits per heavy atom. The third-order valence-corrected chi connectivity index (χ3v) is 15.1. The van der Waals surface area contributed by atoms with Gasteiger partial charge in [0.1, 0.15) is 0 Å². The summed E-state index contributed by atoms with van der Waals surface area (Å²) in [5.41, 5.74) is 0. The number of halogens is 4. The molecular weight excluding hydrogens is 629 g/mol. The molecule has 4 unspecified atom stereocenters. The van der Waals surface area contributed by atoms with E-state index in [4.69, 9.17) is 7.81 Å². The fourth-order valence-corrected chi connectivity index (χ4v) is 12.1. The zero-order valence-corrected chi connectivity index (χ0v) is 25.8. The standard InChI is InChI=1S/C30H32F4O6S3/c1-21(2)42(35,36)39-28-20-22-18-23(28)19-27(22)29(31,32)30(33,34)43(37,38)40-41(24-12-6-3-7-13-24,25-14-8-4-9-15-25)26-16-10-5-11-17-26/h3-17,21-23,27-28H,18-20H2,1-2H3. The first-order chi connectivity index (χ1) is 20.1. The molecule has 2 aliphatic rings. The minimum Gasteiger partial charge on any atom is -0.266 e. The average molecular weight is 661 g/mol. The van der Waals surface area contributed by atoms with Crippen LogP contribution in [0.5, 0.6) is 0 Å². The summed E-state index contributed by atoms with van der Waals surface area (Å²) in [5.74, 6) is -8.80. The molecule has 3 aromatic rings. The van der Waals surface area contributed by atoms with Crippen molar-refractivity contribution in [2.24, 2.45) is 17.8 Å². The van der Waals surface area contributed by atoms with E-state index in [2.05, 4.69) is 0 Å². The van der Waals surface area contributed by atoms with E-state index < -0.39 is 77.3 Å². The van der Waals surface area contributed by atoms with Crippen LogP contribution in [0.15, 0.2) is 106 Å².